The third-order valence-corrected chi connectivity index (χ3v) is 6.89. The molecular formula is C15H23BrN2O4S. The Bertz CT molecular complexity index is 546. The van der Waals surface area contributed by atoms with Gasteiger partial charge in [-0.3, -0.25) is 4.79 Å². The first-order valence-electron chi connectivity index (χ1n) is 7.54. The van der Waals surface area contributed by atoms with Gasteiger partial charge in [0, 0.05) is 0 Å². The Kier molecular flexibility index (Phi) is 4.81. The molecule has 2 fully saturated rings. The van der Waals surface area contributed by atoms with Crippen LogP contribution in [0.15, 0.2) is 0 Å². The van der Waals surface area contributed by atoms with Gasteiger partial charge in [0.05, 0.1) is 15.5 Å². The third-order valence-electron chi connectivity index (χ3n) is 4.01. The number of nitrogens with zero attached hydrogens (tertiary/aromatic N) is 1. The van der Waals surface area contributed by atoms with Crippen LogP contribution < -0.4 is 5.32 Å². The number of rotatable bonds is 2. The van der Waals surface area contributed by atoms with E-state index in [1.165, 1.54) is 25.6 Å². The Labute approximate surface area is 149 Å². The fourth-order valence-corrected chi connectivity index (χ4v) is 5.15. The van der Waals surface area contributed by atoms with Gasteiger partial charge in [0.25, 0.3) is 0 Å². The van der Waals surface area contributed by atoms with Crippen molar-refractivity contribution in [2.45, 2.75) is 62.2 Å². The minimum atomic E-state index is -1.37. The number of urea groups is 1. The number of fused-ring (bicyclic) bond motifs is 1. The van der Waals surface area contributed by atoms with Gasteiger partial charge in [-0.05, 0) is 40.5 Å². The summed E-state index contributed by atoms with van der Waals surface area (Å²) in [5, 5.41) is 2.57. The normalized spacial score (nSPS) is 31.7. The molecule has 6 nitrogen and oxygen atoms in total. The molecule has 1 N–H and O–H groups in total. The highest BCUT2D eigenvalue weighted by molar-refractivity contribution is 9.11. The molecule has 0 radical (unpaired) electrons. The zero-order valence-electron chi connectivity index (χ0n) is 14.2. The summed E-state index contributed by atoms with van der Waals surface area (Å²) in [7, 11) is 0. The second-order valence-corrected chi connectivity index (χ2v) is 10.4. The van der Waals surface area contributed by atoms with Gasteiger partial charge in [-0.2, -0.15) is 0 Å². The molecule has 130 valence electrons. The monoisotopic (exact) mass is 406 g/mol. The highest BCUT2D eigenvalue weighted by atomic mass is 79.9. The van der Waals surface area contributed by atoms with E-state index in [9.17, 15) is 14.4 Å². The maximum atomic E-state index is 12.9. The maximum absolute atomic E-state index is 12.9. The van der Waals surface area contributed by atoms with Crippen LogP contribution in [0.1, 0.15) is 41.5 Å². The minimum Gasteiger partial charge on any atom is -0.458 e. The van der Waals surface area contributed by atoms with Gasteiger partial charge < -0.3 is 10.1 Å². The van der Waals surface area contributed by atoms with E-state index < -0.39 is 23.1 Å². The lowest BCUT2D eigenvalue weighted by molar-refractivity contribution is -0.171. The zero-order valence-corrected chi connectivity index (χ0v) is 16.6. The Morgan fingerprint density at radius 2 is 1.83 bits per heavy atom. The van der Waals surface area contributed by atoms with Crippen molar-refractivity contribution in [3.63, 3.8) is 0 Å². The summed E-state index contributed by atoms with van der Waals surface area (Å²) in [6.45, 7) is 10.3. The van der Waals surface area contributed by atoms with Crippen LogP contribution in [0.4, 0.5) is 4.79 Å². The van der Waals surface area contributed by atoms with E-state index in [4.69, 9.17) is 4.74 Å². The highest BCUT2D eigenvalue weighted by Gasteiger charge is 2.56. The molecule has 2 rings (SSSR count). The fraction of sp³-hybridized carbons (Fsp3) is 0.800. The fourth-order valence-electron chi connectivity index (χ4n) is 2.72. The average molecular weight is 407 g/mol. The van der Waals surface area contributed by atoms with Crippen LogP contribution in [0, 0.1) is 11.8 Å². The van der Waals surface area contributed by atoms with Crippen molar-refractivity contribution in [3.8, 4) is 0 Å². The molecule has 0 aromatic carbocycles. The van der Waals surface area contributed by atoms with E-state index in [1.54, 1.807) is 20.8 Å². The molecule has 0 saturated carbocycles. The average Bonchev–Trinajstić information content (AvgIpc) is 2.62. The molecular weight excluding hydrogens is 384 g/mol. The van der Waals surface area contributed by atoms with Crippen LogP contribution in [-0.4, -0.2) is 43.5 Å². The summed E-state index contributed by atoms with van der Waals surface area (Å²) < 4.78 is 5.47. The van der Waals surface area contributed by atoms with E-state index in [0.717, 1.165) is 4.90 Å². The highest BCUT2D eigenvalue weighted by Crippen LogP contribution is 2.47. The maximum Gasteiger partial charge on any atom is 0.332 e. The van der Waals surface area contributed by atoms with E-state index in [0.29, 0.717) is 0 Å². The summed E-state index contributed by atoms with van der Waals surface area (Å²) in [6.07, 6.45) is 0. The number of carbonyl (C=O) groups excluding carboxylic acids is 3. The molecule has 23 heavy (non-hydrogen) atoms. The number of carbonyl (C=O) groups is 3. The molecule has 0 bridgehead atoms. The zero-order chi connectivity index (χ0) is 17.7. The Morgan fingerprint density at radius 1 is 1.26 bits per heavy atom. The first-order valence-corrected chi connectivity index (χ1v) is 9.39. The van der Waals surface area contributed by atoms with E-state index in [-0.39, 0.29) is 27.3 Å². The Hall–Kier alpha value is -0.760. The summed E-state index contributed by atoms with van der Waals surface area (Å²) in [4.78, 5) is 38.9. The van der Waals surface area contributed by atoms with Crippen LogP contribution in [-0.2, 0) is 14.3 Å². The molecule has 8 heteroatoms. The number of amides is 3. The second-order valence-electron chi connectivity index (χ2n) is 7.48. The van der Waals surface area contributed by atoms with Crippen molar-refractivity contribution in [1.82, 2.24) is 10.2 Å². The predicted octanol–water partition coefficient (Wildman–Crippen LogP) is 2.70. The summed E-state index contributed by atoms with van der Waals surface area (Å²) in [5.74, 6) is -1.23. The Balaban J connectivity index is 2.29. The van der Waals surface area contributed by atoms with E-state index in [2.05, 4.69) is 21.2 Å². The van der Waals surface area contributed by atoms with Crippen molar-refractivity contribution < 1.29 is 19.1 Å². The quantitative estimate of drug-likeness (QED) is 0.563. The molecule has 0 spiro atoms. The first-order chi connectivity index (χ1) is 10.4. The number of ether oxygens (including phenoxy) is 1. The topological polar surface area (TPSA) is 75.7 Å². The molecule has 2 heterocycles. The molecule has 4 unspecified atom stereocenters. The van der Waals surface area contributed by atoms with Crippen molar-refractivity contribution in [3.05, 3.63) is 0 Å². The van der Waals surface area contributed by atoms with Gasteiger partial charge in [-0.25, -0.2) is 14.5 Å². The number of hydrogen-bond acceptors (Lipinski definition) is 5. The number of halogens is 1. The second kappa shape index (κ2) is 5.95. The summed E-state index contributed by atoms with van der Waals surface area (Å²) in [5.41, 5.74) is -2.06. The molecule has 0 aromatic rings. The van der Waals surface area contributed by atoms with Crippen molar-refractivity contribution >= 4 is 45.6 Å². The number of imide groups is 1. The van der Waals surface area contributed by atoms with Crippen LogP contribution in [0.5, 0.6) is 0 Å². The molecule has 4 atom stereocenters. The van der Waals surface area contributed by atoms with E-state index in [1.807, 2.05) is 6.92 Å². The van der Waals surface area contributed by atoms with E-state index >= 15 is 0 Å². The van der Waals surface area contributed by atoms with Crippen LogP contribution in [0.3, 0.4) is 0 Å². The van der Waals surface area contributed by atoms with Gasteiger partial charge in [0.2, 0.25) is 5.91 Å². The number of alkyl halides is 1. The lowest BCUT2D eigenvalue weighted by atomic mass is 9.90. The number of nitrogens with one attached hydrogen (secondary N) is 1. The number of thioether (sulfide) groups is 1. The molecule has 0 aliphatic carbocycles. The van der Waals surface area contributed by atoms with Crippen LogP contribution in [0.25, 0.3) is 0 Å². The SMILES string of the molecule is CC1C(Br)SC2NC(=O)N(C(C)(C)C(=O)OC(C)(C)C)C(=O)C21. The third kappa shape index (κ3) is 3.38. The molecule has 3 amide bonds. The Morgan fingerprint density at radius 3 is 2.35 bits per heavy atom. The van der Waals surface area contributed by atoms with Crippen molar-refractivity contribution in [2.24, 2.45) is 11.8 Å². The summed E-state index contributed by atoms with van der Waals surface area (Å²) in [6, 6.07) is -0.548. The van der Waals surface area contributed by atoms with Gasteiger partial charge in [-0.1, -0.05) is 22.9 Å². The predicted molar refractivity (Wildman–Crippen MR) is 92.0 cm³/mol. The van der Waals surface area contributed by atoms with Crippen molar-refractivity contribution in [2.75, 3.05) is 0 Å². The van der Waals surface area contributed by atoms with Gasteiger partial charge >= 0.3 is 12.0 Å². The van der Waals surface area contributed by atoms with Gasteiger partial charge in [0.1, 0.15) is 11.1 Å². The first kappa shape index (κ1) is 18.6. The largest absolute Gasteiger partial charge is 0.458 e. The lowest BCUT2D eigenvalue weighted by Crippen LogP contribution is -2.67. The van der Waals surface area contributed by atoms with Gasteiger partial charge in [-0.15, -0.1) is 11.8 Å². The molecule has 2 aliphatic rings. The molecule has 2 aliphatic heterocycles. The molecule has 2 saturated heterocycles. The van der Waals surface area contributed by atoms with Crippen LogP contribution in [0.2, 0.25) is 0 Å². The smallest absolute Gasteiger partial charge is 0.332 e. The summed E-state index contributed by atoms with van der Waals surface area (Å²) >= 11 is 5.05. The number of esters is 1. The van der Waals surface area contributed by atoms with Gasteiger partial charge in [0.15, 0.2) is 0 Å². The minimum absolute atomic E-state index is 0.0510. The standard InChI is InChI=1S/C15H23BrN2O4S/c1-7-8-10(23-9(7)16)17-13(21)18(11(8)19)15(5,6)12(20)22-14(2,3)4/h7-10H,1-6H3,(H,17,21). The lowest BCUT2D eigenvalue weighted by Gasteiger charge is -2.42. The molecule has 0 aromatic heterocycles. The van der Waals surface area contributed by atoms with Crippen LogP contribution >= 0.6 is 27.7 Å². The number of hydrogen-bond donors (Lipinski definition) is 1. The van der Waals surface area contributed by atoms with Crippen molar-refractivity contribution in [1.29, 1.82) is 0 Å².